The van der Waals surface area contributed by atoms with Crippen LogP contribution in [0.15, 0.2) is 18.3 Å². The van der Waals surface area contributed by atoms with Crippen LogP contribution in [0.3, 0.4) is 0 Å². The average Bonchev–Trinajstić information content (AvgIpc) is 2.53. The molecule has 0 bridgehead atoms. The van der Waals surface area contributed by atoms with Crippen LogP contribution in [0.4, 0.5) is 8.78 Å². The van der Waals surface area contributed by atoms with Gasteiger partial charge in [-0.15, -0.1) is 0 Å². The van der Waals surface area contributed by atoms with Gasteiger partial charge in [0.15, 0.2) is 0 Å². The SMILES string of the molecule is N#CCCC(F)(F)c1ccc[nH]1. The van der Waals surface area contributed by atoms with Gasteiger partial charge < -0.3 is 4.98 Å². The number of aromatic amines is 1. The number of hydrogen-bond donors (Lipinski definition) is 1. The summed E-state index contributed by atoms with van der Waals surface area (Å²) in [6, 6.07) is 4.52. The van der Waals surface area contributed by atoms with E-state index < -0.39 is 12.3 Å². The van der Waals surface area contributed by atoms with Gasteiger partial charge in [-0.25, -0.2) is 0 Å². The van der Waals surface area contributed by atoms with Gasteiger partial charge >= 0.3 is 0 Å². The van der Waals surface area contributed by atoms with E-state index in [1.807, 2.05) is 0 Å². The Morgan fingerprint density at radius 2 is 2.33 bits per heavy atom. The summed E-state index contributed by atoms with van der Waals surface area (Å²) in [5.74, 6) is -2.90. The van der Waals surface area contributed by atoms with Gasteiger partial charge in [-0.2, -0.15) is 14.0 Å². The number of rotatable bonds is 3. The van der Waals surface area contributed by atoms with Crippen LogP contribution in [0, 0.1) is 11.3 Å². The van der Waals surface area contributed by atoms with E-state index in [0.29, 0.717) is 0 Å². The Labute approximate surface area is 68.8 Å². The molecule has 64 valence electrons. The van der Waals surface area contributed by atoms with Crippen molar-refractivity contribution in [1.82, 2.24) is 4.98 Å². The highest BCUT2D eigenvalue weighted by Crippen LogP contribution is 2.30. The molecular formula is C8H8F2N2. The fourth-order valence-electron chi connectivity index (χ4n) is 0.905. The highest BCUT2D eigenvalue weighted by atomic mass is 19.3. The molecule has 12 heavy (non-hydrogen) atoms. The highest BCUT2D eigenvalue weighted by molar-refractivity contribution is 5.10. The second-order valence-electron chi connectivity index (χ2n) is 2.45. The first-order valence-corrected chi connectivity index (χ1v) is 3.55. The Morgan fingerprint density at radius 1 is 1.58 bits per heavy atom. The summed E-state index contributed by atoms with van der Waals surface area (Å²) in [5.41, 5.74) is -0.127. The van der Waals surface area contributed by atoms with Gasteiger partial charge in [-0.05, 0) is 12.1 Å². The normalized spacial score (nSPS) is 11.1. The Hall–Kier alpha value is -1.37. The lowest BCUT2D eigenvalue weighted by molar-refractivity contribution is -0.0158. The van der Waals surface area contributed by atoms with Crippen LogP contribution in [0.1, 0.15) is 18.5 Å². The molecule has 1 heterocycles. The summed E-state index contributed by atoms with van der Waals surface area (Å²) in [4.78, 5) is 2.43. The number of aromatic nitrogens is 1. The summed E-state index contributed by atoms with van der Waals surface area (Å²) in [6.07, 6.45) is 0.881. The van der Waals surface area contributed by atoms with E-state index in [2.05, 4.69) is 4.98 Å². The molecule has 0 saturated heterocycles. The molecule has 4 heteroatoms. The van der Waals surface area contributed by atoms with Crippen molar-refractivity contribution >= 4 is 0 Å². The molecule has 1 N–H and O–H groups in total. The van der Waals surface area contributed by atoms with E-state index in [4.69, 9.17) is 5.26 Å². The zero-order valence-electron chi connectivity index (χ0n) is 6.35. The third-order valence-electron chi connectivity index (χ3n) is 1.54. The lowest BCUT2D eigenvalue weighted by atomic mass is 10.1. The fraction of sp³-hybridized carbons (Fsp3) is 0.375. The minimum atomic E-state index is -2.90. The van der Waals surface area contributed by atoms with Crippen molar-refractivity contribution in [2.45, 2.75) is 18.8 Å². The van der Waals surface area contributed by atoms with Crippen LogP contribution < -0.4 is 0 Å². The second kappa shape index (κ2) is 3.35. The molecule has 0 saturated carbocycles. The molecule has 0 aliphatic rings. The lowest BCUT2D eigenvalue weighted by Crippen LogP contribution is -2.13. The fourth-order valence-corrected chi connectivity index (χ4v) is 0.905. The molecule has 0 aliphatic heterocycles. The van der Waals surface area contributed by atoms with Gasteiger partial charge in [0.2, 0.25) is 0 Å². The summed E-state index contributed by atoms with van der Waals surface area (Å²) in [6.45, 7) is 0. The Kier molecular flexibility index (Phi) is 2.44. The van der Waals surface area contributed by atoms with E-state index >= 15 is 0 Å². The van der Waals surface area contributed by atoms with Crippen molar-refractivity contribution in [1.29, 1.82) is 5.26 Å². The summed E-state index contributed by atoms with van der Waals surface area (Å²) in [7, 11) is 0. The quantitative estimate of drug-likeness (QED) is 0.743. The number of halogens is 2. The lowest BCUT2D eigenvalue weighted by Gasteiger charge is -2.11. The van der Waals surface area contributed by atoms with Crippen LogP contribution in [0.2, 0.25) is 0 Å². The van der Waals surface area contributed by atoms with E-state index in [9.17, 15) is 8.78 Å². The Balaban J connectivity index is 2.67. The van der Waals surface area contributed by atoms with E-state index in [1.165, 1.54) is 18.3 Å². The Bertz CT molecular complexity index is 272. The highest BCUT2D eigenvalue weighted by Gasteiger charge is 2.31. The molecule has 0 amide bonds. The maximum absolute atomic E-state index is 13.0. The molecule has 0 aromatic carbocycles. The predicted molar refractivity (Wildman–Crippen MR) is 39.5 cm³/mol. The topological polar surface area (TPSA) is 39.6 Å². The minimum absolute atomic E-state index is 0.127. The van der Waals surface area contributed by atoms with Crippen molar-refractivity contribution in [3.63, 3.8) is 0 Å². The monoisotopic (exact) mass is 170 g/mol. The standard InChI is InChI=1S/C8H8F2N2/c9-8(10,4-2-5-11)7-3-1-6-12-7/h1,3,6,12H,2,4H2. The first-order valence-electron chi connectivity index (χ1n) is 3.55. The number of hydrogen-bond acceptors (Lipinski definition) is 1. The van der Waals surface area contributed by atoms with Crippen LogP contribution in [-0.4, -0.2) is 4.98 Å². The van der Waals surface area contributed by atoms with Crippen LogP contribution >= 0.6 is 0 Å². The largest absolute Gasteiger partial charge is 0.360 e. The van der Waals surface area contributed by atoms with Gasteiger partial charge in [-0.3, -0.25) is 0 Å². The molecule has 0 atom stereocenters. The van der Waals surface area contributed by atoms with Crippen molar-refractivity contribution < 1.29 is 8.78 Å². The van der Waals surface area contributed by atoms with Crippen molar-refractivity contribution in [3.8, 4) is 6.07 Å². The minimum Gasteiger partial charge on any atom is -0.360 e. The maximum Gasteiger partial charge on any atom is 0.288 e. The molecule has 0 spiro atoms. The smallest absolute Gasteiger partial charge is 0.288 e. The van der Waals surface area contributed by atoms with E-state index in [0.717, 1.165) is 0 Å². The Morgan fingerprint density at radius 3 is 2.83 bits per heavy atom. The number of alkyl halides is 2. The van der Waals surface area contributed by atoms with Crippen molar-refractivity contribution in [3.05, 3.63) is 24.0 Å². The number of nitrogens with zero attached hydrogens (tertiary/aromatic N) is 1. The molecule has 1 rings (SSSR count). The molecule has 0 aliphatic carbocycles. The summed E-state index contributed by atoms with van der Waals surface area (Å²) >= 11 is 0. The van der Waals surface area contributed by atoms with Crippen LogP contribution in [0.5, 0.6) is 0 Å². The summed E-state index contributed by atoms with van der Waals surface area (Å²) in [5, 5.41) is 8.13. The molecule has 1 aromatic rings. The number of H-pyrrole nitrogens is 1. The van der Waals surface area contributed by atoms with E-state index in [1.54, 1.807) is 6.07 Å². The van der Waals surface area contributed by atoms with Crippen molar-refractivity contribution in [2.75, 3.05) is 0 Å². The maximum atomic E-state index is 13.0. The van der Waals surface area contributed by atoms with Crippen LogP contribution in [-0.2, 0) is 5.92 Å². The van der Waals surface area contributed by atoms with Gasteiger partial charge in [0.1, 0.15) is 0 Å². The molecule has 1 aromatic heterocycles. The second-order valence-corrected chi connectivity index (χ2v) is 2.45. The van der Waals surface area contributed by atoms with Crippen LogP contribution in [0.25, 0.3) is 0 Å². The number of nitrogens with one attached hydrogen (secondary N) is 1. The molecular weight excluding hydrogens is 162 g/mol. The molecule has 0 unspecified atom stereocenters. The third-order valence-corrected chi connectivity index (χ3v) is 1.54. The van der Waals surface area contributed by atoms with E-state index in [-0.39, 0.29) is 12.1 Å². The molecule has 0 fully saturated rings. The van der Waals surface area contributed by atoms with Gasteiger partial charge in [0, 0.05) is 19.0 Å². The van der Waals surface area contributed by atoms with Crippen molar-refractivity contribution in [2.24, 2.45) is 0 Å². The average molecular weight is 170 g/mol. The zero-order valence-corrected chi connectivity index (χ0v) is 6.35. The zero-order chi connectivity index (χ0) is 9.03. The summed E-state index contributed by atoms with van der Waals surface area (Å²) < 4.78 is 26.0. The molecule has 0 radical (unpaired) electrons. The predicted octanol–water partition coefficient (Wildman–Crippen LogP) is 2.41. The van der Waals surface area contributed by atoms with Gasteiger partial charge in [0.05, 0.1) is 11.8 Å². The number of nitriles is 1. The van der Waals surface area contributed by atoms with Gasteiger partial charge in [0.25, 0.3) is 5.92 Å². The first-order chi connectivity index (χ1) is 5.67. The molecule has 2 nitrogen and oxygen atoms in total. The van der Waals surface area contributed by atoms with Gasteiger partial charge in [-0.1, -0.05) is 0 Å². The third kappa shape index (κ3) is 1.82. The first kappa shape index (κ1) is 8.72.